The summed E-state index contributed by atoms with van der Waals surface area (Å²) in [6.07, 6.45) is 0. The maximum Gasteiger partial charge on any atom is 0.315 e. The zero-order valence-electron chi connectivity index (χ0n) is 11.6. The van der Waals surface area contributed by atoms with Gasteiger partial charge in [-0.25, -0.2) is 4.79 Å². The van der Waals surface area contributed by atoms with Crippen molar-refractivity contribution in [3.63, 3.8) is 0 Å². The van der Waals surface area contributed by atoms with Gasteiger partial charge in [0.15, 0.2) is 0 Å². The van der Waals surface area contributed by atoms with Crippen LogP contribution in [0.3, 0.4) is 0 Å². The van der Waals surface area contributed by atoms with Crippen LogP contribution in [0.2, 0.25) is 0 Å². The van der Waals surface area contributed by atoms with Crippen molar-refractivity contribution < 1.29 is 4.79 Å². The first-order valence-electron chi connectivity index (χ1n) is 6.61. The second-order valence-corrected chi connectivity index (χ2v) is 5.46. The Hall–Kier alpha value is -2.29. The quantitative estimate of drug-likeness (QED) is 0.757. The zero-order valence-corrected chi connectivity index (χ0v) is 12.4. The van der Waals surface area contributed by atoms with E-state index in [9.17, 15) is 4.79 Å². The molecule has 0 saturated heterocycles. The first-order valence-corrected chi connectivity index (χ1v) is 7.43. The number of carbonyl (C=O) groups is 1. The summed E-state index contributed by atoms with van der Waals surface area (Å²) in [7, 11) is 0. The van der Waals surface area contributed by atoms with E-state index in [1.54, 1.807) is 11.3 Å². The van der Waals surface area contributed by atoms with Crippen LogP contribution in [0.5, 0.6) is 0 Å². The Kier molecular flexibility index (Phi) is 5.83. The van der Waals surface area contributed by atoms with Gasteiger partial charge >= 0.3 is 6.03 Å². The fourth-order valence-corrected chi connectivity index (χ4v) is 2.51. The summed E-state index contributed by atoms with van der Waals surface area (Å²) in [6, 6.07) is 13.5. The number of rotatable bonds is 4. The van der Waals surface area contributed by atoms with Crippen molar-refractivity contribution in [3.8, 4) is 11.8 Å². The Balaban J connectivity index is 1.75. The molecule has 1 aromatic carbocycles. The number of carbonyl (C=O) groups excluding carboxylic acids is 1. The fourth-order valence-electron chi connectivity index (χ4n) is 1.69. The standard InChI is InChI=1S/C16H17N3OS/c17-10-4-7-14-8-9-15(21-14)12-19-16(20)18-11-13-5-2-1-3-6-13/h1-3,5-6,8-9H,10-12,17H2,(H2,18,19,20). The minimum absolute atomic E-state index is 0.179. The topological polar surface area (TPSA) is 67.1 Å². The Morgan fingerprint density at radius 2 is 1.86 bits per heavy atom. The van der Waals surface area contributed by atoms with Gasteiger partial charge in [-0.05, 0) is 17.7 Å². The van der Waals surface area contributed by atoms with Crippen LogP contribution in [0, 0.1) is 11.8 Å². The van der Waals surface area contributed by atoms with E-state index in [0.717, 1.165) is 15.3 Å². The zero-order chi connectivity index (χ0) is 14.9. The van der Waals surface area contributed by atoms with Crippen molar-refractivity contribution in [2.24, 2.45) is 5.73 Å². The predicted octanol–water partition coefficient (Wildman–Crippen LogP) is 2.06. The maximum absolute atomic E-state index is 11.7. The lowest BCUT2D eigenvalue weighted by Crippen LogP contribution is -2.34. The van der Waals surface area contributed by atoms with E-state index < -0.39 is 0 Å². The molecule has 0 saturated carbocycles. The SMILES string of the molecule is NCC#Cc1ccc(CNC(=O)NCc2ccccc2)s1. The highest BCUT2D eigenvalue weighted by atomic mass is 32.1. The van der Waals surface area contributed by atoms with Crippen LogP contribution < -0.4 is 16.4 Å². The molecule has 2 rings (SSSR count). The lowest BCUT2D eigenvalue weighted by Gasteiger charge is -2.06. The van der Waals surface area contributed by atoms with Crippen LogP contribution in [0.1, 0.15) is 15.3 Å². The van der Waals surface area contributed by atoms with E-state index in [0.29, 0.717) is 19.6 Å². The minimum Gasteiger partial charge on any atom is -0.334 e. The summed E-state index contributed by atoms with van der Waals surface area (Å²) in [5.41, 5.74) is 6.40. The van der Waals surface area contributed by atoms with E-state index >= 15 is 0 Å². The maximum atomic E-state index is 11.7. The Bertz CT molecular complexity index is 640. The molecule has 0 radical (unpaired) electrons. The van der Waals surface area contributed by atoms with E-state index in [1.165, 1.54) is 0 Å². The van der Waals surface area contributed by atoms with Crippen LogP contribution in [-0.2, 0) is 13.1 Å². The third kappa shape index (κ3) is 5.30. The van der Waals surface area contributed by atoms with E-state index in [1.807, 2.05) is 42.5 Å². The number of benzene rings is 1. The summed E-state index contributed by atoms with van der Waals surface area (Å²) >= 11 is 1.56. The van der Waals surface area contributed by atoms with E-state index in [-0.39, 0.29) is 6.03 Å². The van der Waals surface area contributed by atoms with Gasteiger partial charge in [-0.3, -0.25) is 0 Å². The summed E-state index contributed by atoms with van der Waals surface area (Å²) in [6.45, 7) is 1.37. The molecule has 0 spiro atoms. The van der Waals surface area contributed by atoms with Crippen LogP contribution in [-0.4, -0.2) is 12.6 Å². The number of nitrogens with two attached hydrogens (primary N) is 1. The van der Waals surface area contributed by atoms with Crippen LogP contribution in [0.4, 0.5) is 4.79 Å². The van der Waals surface area contributed by atoms with Crippen LogP contribution in [0.25, 0.3) is 0 Å². The Morgan fingerprint density at radius 3 is 2.62 bits per heavy atom. The molecule has 5 heteroatoms. The van der Waals surface area contributed by atoms with Gasteiger partial charge in [0.05, 0.1) is 18.0 Å². The van der Waals surface area contributed by atoms with Crippen molar-refractivity contribution in [2.45, 2.75) is 13.1 Å². The average Bonchev–Trinajstić information content (AvgIpc) is 2.98. The third-order valence-corrected chi connectivity index (χ3v) is 3.70. The van der Waals surface area contributed by atoms with Gasteiger partial charge in [-0.1, -0.05) is 42.2 Å². The third-order valence-electron chi connectivity index (χ3n) is 2.69. The van der Waals surface area contributed by atoms with Gasteiger partial charge in [0.2, 0.25) is 0 Å². The molecule has 0 fully saturated rings. The fraction of sp³-hybridized carbons (Fsp3) is 0.188. The molecule has 0 bridgehead atoms. The molecular formula is C16H17N3OS. The highest BCUT2D eigenvalue weighted by molar-refractivity contribution is 7.12. The van der Waals surface area contributed by atoms with Gasteiger partial charge in [-0.2, -0.15) is 0 Å². The van der Waals surface area contributed by atoms with E-state index in [2.05, 4.69) is 22.5 Å². The molecule has 1 heterocycles. The summed E-state index contributed by atoms with van der Waals surface area (Å²) in [5.74, 6) is 5.78. The minimum atomic E-state index is -0.179. The predicted molar refractivity (Wildman–Crippen MR) is 85.8 cm³/mol. The Morgan fingerprint density at radius 1 is 1.10 bits per heavy atom. The molecule has 0 aliphatic heterocycles. The number of nitrogens with one attached hydrogen (secondary N) is 2. The van der Waals surface area contributed by atoms with Crippen molar-refractivity contribution in [3.05, 3.63) is 57.8 Å². The second-order valence-electron chi connectivity index (χ2n) is 4.29. The monoisotopic (exact) mass is 299 g/mol. The summed E-state index contributed by atoms with van der Waals surface area (Å²) in [4.78, 5) is 13.7. The molecule has 4 N–H and O–H groups in total. The van der Waals surface area contributed by atoms with Gasteiger partial charge in [0.1, 0.15) is 0 Å². The average molecular weight is 299 g/mol. The summed E-state index contributed by atoms with van der Waals surface area (Å²) in [5, 5.41) is 5.65. The molecule has 1 aromatic heterocycles. The lowest BCUT2D eigenvalue weighted by atomic mass is 10.2. The molecule has 2 aromatic rings. The number of urea groups is 1. The lowest BCUT2D eigenvalue weighted by molar-refractivity contribution is 0.240. The molecule has 2 amide bonds. The molecule has 0 aliphatic carbocycles. The highest BCUT2D eigenvalue weighted by Gasteiger charge is 2.02. The molecule has 4 nitrogen and oxygen atoms in total. The second kappa shape index (κ2) is 8.10. The van der Waals surface area contributed by atoms with Crippen molar-refractivity contribution >= 4 is 17.4 Å². The van der Waals surface area contributed by atoms with Crippen molar-refractivity contribution in [1.29, 1.82) is 0 Å². The molecule has 21 heavy (non-hydrogen) atoms. The number of thiophene rings is 1. The number of amides is 2. The van der Waals surface area contributed by atoms with Crippen molar-refractivity contribution in [2.75, 3.05) is 6.54 Å². The molecular weight excluding hydrogens is 282 g/mol. The number of hydrogen-bond donors (Lipinski definition) is 3. The molecule has 0 unspecified atom stereocenters. The summed E-state index contributed by atoms with van der Waals surface area (Å²) < 4.78 is 0. The largest absolute Gasteiger partial charge is 0.334 e. The van der Waals surface area contributed by atoms with Crippen LogP contribution >= 0.6 is 11.3 Å². The first kappa shape index (κ1) is 15.1. The normalized spacial score (nSPS) is 9.57. The first-order chi connectivity index (χ1) is 10.3. The van der Waals surface area contributed by atoms with Gasteiger partial charge < -0.3 is 16.4 Å². The highest BCUT2D eigenvalue weighted by Crippen LogP contribution is 2.14. The van der Waals surface area contributed by atoms with Crippen molar-refractivity contribution in [1.82, 2.24) is 10.6 Å². The molecule has 0 aliphatic rings. The van der Waals surface area contributed by atoms with E-state index in [4.69, 9.17) is 5.73 Å². The Labute approximate surface area is 128 Å². The smallest absolute Gasteiger partial charge is 0.315 e. The van der Waals surface area contributed by atoms with Gasteiger partial charge in [-0.15, -0.1) is 11.3 Å². The van der Waals surface area contributed by atoms with Crippen LogP contribution in [0.15, 0.2) is 42.5 Å². The van der Waals surface area contributed by atoms with Gasteiger partial charge in [0.25, 0.3) is 0 Å². The van der Waals surface area contributed by atoms with Gasteiger partial charge in [0, 0.05) is 11.4 Å². The molecule has 108 valence electrons. The molecule has 0 atom stereocenters. The number of hydrogen-bond acceptors (Lipinski definition) is 3.